The zero-order chi connectivity index (χ0) is 9.97. The molecule has 0 aliphatic rings. The van der Waals surface area contributed by atoms with Crippen LogP contribution in [0.25, 0.3) is 11.3 Å². The van der Waals surface area contributed by atoms with Crippen LogP contribution in [0.5, 0.6) is 0 Å². The van der Waals surface area contributed by atoms with Crippen molar-refractivity contribution < 1.29 is 4.52 Å². The third kappa shape index (κ3) is 1.46. The van der Waals surface area contributed by atoms with Crippen LogP contribution in [0, 0.1) is 0 Å². The van der Waals surface area contributed by atoms with E-state index >= 15 is 0 Å². The Kier molecular flexibility index (Phi) is 2.18. The Morgan fingerprint density at radius 2 is 2.43 bits per heavy atom. The van der Waals surface area contributed by atoms with Gasteiger partial charge in [0.05, 0.1) is 18.3 Å². The summed E-state index contributed by atoms with van der Waals surface area (Å²) in [5.41, 5.74) is 1.33. The van der Waals surface area contributed by atoms with Crippen LogP contribution in [0.15, 0.2) is 39.9 Å². The maximum absolute atomic E-state index is 11.0. The SMILES string of the molecule is CCn1oc(=O)cc1-c1cccnc1. The van der Waals surface area contributed by atoms with E-state index in [1.54, 1.807) is 17.1 Å². The zero-order valence-corrected chi connectivity index (χ0v) is 7.80. The first-order valence-corrected chi connectivity index (χ1v) is 4.43. The first kappa shape index (κ1) is 8.74. The van der Waals surface area contributed by atoms with Crippen molar-refractivity contribution in [1.29, 1.82) is 0 Å². The zero-order valence-electron chi connectivity index (χ0n) is 7.80. The van der Waals surface area contributed by atoms with Crippen molar-refractivity contribution in [3.8, 4) is 11.3 Å². The van der Waals surface area contributed by atoms with Gasteiger partial charge in [-0.25, -0.2) is 9.53 Å². The minimum Gasteiger partial charge on any atom is -0.336 e. The molecule has 14 heavy (non-hydrogen) atoms. The van der Waals surface area contributed by atoms with E-state index in [0.717, 1.165) is 11.3 Å². The molecule has 0 atom stereocenters. The van der Waals surface area contributed by atoms with Crippen molar-refractivity contribution in [2.24, 2.45) is 0 Å². The van der Waals surface area contributed by atoms with Gasteiger partial charge in [0.2, 0.25) is 0 Å². The van der Waals surface area contributed by atoms with Crippen molar-refractivity contribution in [1.82, 2.24) is 9.72 Å². The lowest BCUT2D eigenvalue weighted by atomic mass is 10.2. The van der Waals surface area contributed by atoms with E-state index in [0.29, 0.717) is 6.54 Å². The van der Waals surface area contributed by atoms with Gasteiger partial charge in [0.15, 0.2) is 0 Å². The molecule has 2 heterocycles. The summed E-state index contributed by atoms with van der Waals surface area (Å²) >= 11 is 0. The van der Waals surface area contributed by atoms with Crippen LogP contribution < -0.4 is 5.63 Å². The van der Waals surface area contributed by atoms with Crippen LogP contribution in [0.2, 0.25) is 0 Å². The quantitative estimate of drug-likeness (QED) is 0.721. The van der Waals surface area contributed by atoms with Gasteiger partial charge in [0.25, 0.3) is 0 Å². The minimum absolute atomic E-state index is 0.328. The lowest BCUT2D eigenvalue weighted by molar-refractivity contribution is 0.263. The molecule has 2 aromatic heterocycles. The van der Waals surface area contributed by atoms with Crippen molar-refractivity contribution in [3.63, 3.8) is 0 Å². The Hall–Kier alpha value is -1.84. The van der Waals surface area contributed by atoms with Gasteiger partial charge in [-0.3, -0.25) is 4.98 Å². The number of rotatable bonds is 2. The Labute approximate surface area is 80.8 Å². The third-order valence-electron chi connectivity index (χ3n) is 1.97. The summed E-state index contributed by atoms with van der Waals surface area (Å²) in [7, 11) is 0. The van der Waals surface area contributed by atoms with Gasteiger partial charge in [-0.2, -0.15) is 0 Å². The highest BCUT2D eigenvalue weighted by molar-refractivity contribution is 5.56. The highest BCUT2D eigenvalue weighted by Crippen LogP contribution is 2.16. The fourth-order valence-electron chi connectivity index (χ4n) is 1.34. The molecule has 0 fully saturated rings. The molecule has 0 spiro atoms. The molecule has 0 radical (unpaired) electrons. The van der Waals surface area contributed by atoms with Crippen LogP contribution in [0.4, 0.5) is 0 Å². The van der Waals surface area contributed by atoms with E-state index in [1.807, 2.05) is 19.1 Å². The van der Waals surface area contributed by atoms with Crippen molar-refractivity contribution >= 4 is 0 Å². The van der Waals surface area contributed by atoms with Crippen LogP contribution in [0.3, 0.4) is 0 Å². The second-order valence-corrected chi connectivity index (χ2v) is 2.88. The fraction of sp³-hybridized carbons (Fsp3) is 0.200. The Morgan fingerprint density at radius 3 is 3.07 bits per heavy atom. The topological polar surface area (TPSA) is 48.0 Å². The van der Waals surface area contributed by atoms with Crippen LogP contribution in [-0.4, -0.2) is 9.72 Å². The number of hydrogen-bond donors (Lipinski definition) is 0. The maximum Gasteiger partial charge on any atom is 0.358 e. The summed E-state index contributed by atoms with van der Waals surface area (Å²) in [5, 5.41) is 0. The average Bonchev–Trinajstić information content (AvgIpc) is 2.61. The van der Waals surface area contributed by atoms with E-state index < -0.39 is 0 Å². The molecule has 4 nitrogen and oxygen atoms in total. The molecule has 0 saturated carbocycles. The van der Waals surface area contributed by atoms with Gasteiger partial charge in [0.1, 0.15) is 0 Å². The summed E-state index contributed by atoms with van der Waals surface area (Å²) in [6.45, 7) is 2.55. The van der Waals surface area contributed by atoms with Gasteiger partial charge in [-0.1, -0.05) is 0 Å². The molecule has 2 aromatic rings. The highest BCUT2D eigenvalue weighted by Gasteiger charge is 2.06. The Balaban J connectivity index is 2.56. The third-order valence-corrected chi connectivity index (χ3v) is 1.97. The van der Waals surface area contributed by atoms with E-state index in [1.165, 1.54) is 6.07 Å². The first-order valence-electron chi connectivity index (χ1n) is 4.43. The normalized spacial score (nSPS) is 10.4. The molecule has 72 valence electrons. The summed E-state index contributed by atoms with van der Waals surface area (Å²) in [5.74, 6) is 0. The number of hydrogen-bond acceptors (Lipinski definition) is 3. The van der Waals surface area contributed by atoms with E-state index in [9.17, 15) is 4.79 Å². The van der Waals surface area contributed by atoms with Crippen LogP contribution in [0.1, 0.15) is 6.92 Å². The second kappa shape index (κ2) is 3.49. The summed E-state index contributed by atoms with van der Waals surface area (Å²) in [6.07, 6.45) is 3.40. The van der Waals surface area contributed by atoms with Gasteiger partial charge < -0.3 is 4.52 Å². The number of aryl methyl sites for hydroxylation is 1. The lowest BCUT2D eigenvalue weighted by Crippen LogP contribution is -1.95. The monoisotopic (exact) mass is 190 g/mol. The molecule has 0 aromatic carbocycles. The second-order valence-electron chi connectivity index (χ2n) is 2.88. The summed E-state index contributed by atoms with van der Waals surface area (Å²) in [6, 6.07) is 5.19. The Bertz CT molecular complexity index is 470. The highest BCUT2D eigenvalue weighted by atomic mass is 16.5. The van der Waals surface area contributed by atoms with Crippen molar-refractivity contribution in [3.05, 3.63) is 41.0 Å². The molecule has 0 N–H and O–H groups in total. The van der Waals surface area contributed by atoms with Crippen molar-refractivity contribution in [2.45, 2.75) is 13.5 Å². The predicted octanol–water partition coefficient (Wildman–Crippen LogP) is 1.52. The molecule has 0 aliphatic heterocycles. The van der Waals surface area contributed by atoms with Crippen LogP contribution >= 0.6 is 0 Å². The number of pyridine rings is 1. The minimum atomic E-state index is -0.328. The van der Waals surface area contributed by atoms with Gasteiger partial charge in [-0.05, 0) is 19.1 Å². The maximum atomic E-state index is 11.0. The Morgan fingerprint density at radius 1 is 1.57 bits per heavy atom. The first-order chi connectivity index (χ1) is 6.81. The van der Waals surface area contributed by atoms with E-state index in [2.05, 4.69) is 4.98 Å². The summed E-state index contributed by atoms with van der Waals surface area (Å²) in [4.78, 5) is 15.0. The molecule has 0 saturated heterocycles. The fourth-order valence-corrected chi connectivity index (χ4v) is 1.34. The molecule has 0 unspecified atom stereocenters. The van der Waals surface area contributed by atoms with Crippen LogP contribution in [-0.2, 0) is 6.54 Å². The number of aromatic nitrogens is 2. The molecule has 2 rings (SSSR count). The predicted molar refractivity (Wildman–Crippen MR) is 51.9 cm³/mol. The van der Waals surface area contributed by atoms with E-state index in [-0.39, 0.29) is 5.63 Å². The summed E-state index contributed by atoms with van der Waals surface area (Å²) < 4.78 is 6.51. The lowest BCUT2D eigenvalue weighted by Gasteiger charge is -2.01. The smallest absolute Gasteiger partial charge is 0.336 e. The molecule has 0 aliphatic carbocycles. The van der Waals surface area contributed by atoms with Crippen molar-refractivity contribution in [2.75, 3.05) is 0 Å². The molecule has 0 amide bonds. The number of nitrogens with zero attached hydrogens (tertiary/aromatic N) is 2. The van der Waals surface area contributed by atoms with Gasteiger partial charge in [0, 0.05) is 18.0 Å². The largest absolute Gasteiger partial charge is 0.358 e. The van der Waals surface area contributed by atoms with E-state index in [4.69, 9.17) is 4.52 Å². The molecular weight excluding hydrogens is 180 g/mol. The molecular formula is C10H10N2O2. The van der Waals surface area contributed by atoms with Gasteiger partial charge >= 0.3 is 5.63 Å². The molecule has 4 heteroatoms. The average molecular weight is 190 g/mol. The standard InChI is InChI=1S/C10H10N2O2/c1-2-12-9(6-10(13)14-12)8-4-3-5-11-7-8/h3-7H,2H2,1H3. The van der Waals surface area contributed by atoms with Gasteiger partial charge in [-0.15, -0.1) is 0 Å². The molecule has 0 bridgehead atoms.